The van der Waals surface area contributed by atoms with E-state index in [1.807, 2.05) is 127 Å². The van der Waals surface area contributed by atoms with Crippen molar-refractivity contribution in [1.29, 1.82) is 0 Å². The molecule has 0 fully saturated rings. The van der Waals surface area contributed by atoms with Gasteiger partial charge in [-0.25, -0.2) is 0 Å². The second-order valence-electron chi connectivity index (χ2n) is 8.94. The molecular weight excluding hydrogens is 706 g/mol. The molecule has 5 heteroatoms. The van der Waals surface area contributed by atoms with Crippen molar-refractivity contribution in [2.45, 2.75) is 0 Å². The number of hydrogen-bond donors (Lipinski definition) is 0. The fourth-order valence-corrected chi connectivity index (χ4v) is 8.47. The fourth-order valence-electron chi connectivity index (χ4n) is 4.67. The van der Waals surface area contributed by atoms with Crippen molar-refractivity contribution in [3.05, 3.63) is 158 Å². The molecule has 0 N–H and O–H groups in total. The second kappa shape index (κ2) is 12.7. The zero-order chi connectivity index (χ0) is 26.5. The molecule has 0 aliphatic carbocycles. The summed E-state index contributed by atoms with van der Waals surface area (Å²) in [6.07, 6.45) is 1.83. The van der Waals surface area contributed by atoms with Gasteiger partial charge in [0.1, 0.15) is 7.14 Å². The van der Waals surface area contributed by atoms with E-state index in [0.29, 0.717) is 0 Å². The number of fused-ring (bicyclic) bond motifs is 3. The fraction of sp³-hybridized carbons (Fsp3) is 0. The molecule has 2 heterocycles. The Morgan fingerprint density at radius 1 is 0.600 bits per heavy atom. The van der Waals surface area contributed by atoms with Crippen molar-refractivity contribution >= 4 is 54.6 Å². The van der Waals surface area contributed by atoms with E-state index < -0.39 is 7.14 Å². The number of rotatable bonds is 4. The third kappa shape index (κ3) is 5.50. The van der Waals surface area contributed by atoms with Crippen LogP contribution in [0.5, 0.6) is 0 Å². The molecule has 0 saturated heterocycles. The van der Waals surface area contributed by atoms with Crippen LogP contribution in [-0.2, 0) is 24.7 Å². The summed E-state index contributed by atoms with van der Waals surface area (Å²) in [4.78, 5) is 4.44. The SMILES string of the molecule is O=P(c1[c-]cccc1)(c1ccccc1)c1ccccc1.[Ir].[c-]1ccc2c(sc3ccccc32)c1-c1ccccn1. The van der Waals surface area contributed by atoms with Gasteiger partial charge in [-0.1, -0.05) is 102 Å². The molecule has 0 unspecified atom stereocenters. The maximum Gasteiger partial charge on any atom is 0.147 e. The normalized spacial score (nSPS) is 10.9. The number of aromatic nitrogens is 1. The van der Waals surface area contributed by atoms with E-state index in [4.69, 9.17) is 0 Å². The molecule has 0 saturated carbocycles. The molecule has 0 aliphatic heterocycles. The zero-order valence-corrected chi connectivity index (χ0v) is 25.5. The number of pyridine rings is 1. The van der Waals surface area contributed by atoms with Gasteiger partial charge < -0.3 is 9.55 Å². The molecule has 0 bridgehead atoms. The Balaban J connectivity index is 0.000000157. The predicted octanol–water partition coefficient (Wildman–Crippen LogP) is 8.04. The minimum absolute atomic E-state index is 0. The van der Waals surface area contributed by atoms with E-state index in [9.17, 15) is 4.57 Å². The Morgan fingerprint density at radius 3 is 1.90 bits per heavy atom. The monoisotopic (exact) mass is 730 g/mol. The van der Waals surface area contributed by atoms with Gasteiger partial charge in [-0.3, -0.25) is 0 Å². The molecule has 0 spiro atoms. The summed E-state index contributed by atoms with van der Waals surface area (Å²) in [5, 5.41) is 5.04. The second-order valence-corrected chi connectivity index (χ2v) is 12.7. The largest absolute Gasteiger partial charge is 0.311 e. The first-order valence-electron chi connectivity index (χ1n) is 12.7. The van der Waals surface area contributed by atoms with Crippen LogP contribution in [0.4, 0.5) is 0 Å². The van der Waals surface area contributed by atoms with Crippen LogP contribution < -0.4 is 15.9 Å². The van der Waals surface area contributed by atoms with Crippen LogP contribution in [0.15, 0.2) is 146 Å². The van der Waals surface area contributed by atoms with Gasteiger partial charge in [-0.15, -0.1) is 23.8 Å². The summed E-state index contributed by atoms with van der Waals surface area (Å²) in [6, 6.07) is 51.9. The maximum atomic E-state index is 13.8. The molecule has 0 amide bonds. The van der Waals surface area contributed by atoms with Gasteiger partial charge in [-0.05, 0) is 27.9 Å². The smallest absolute Gasteiger partial charge is 0.147 e. The van der Waals surface area contributed by atoms with Crippen LogP contribution in [0.3, 0.4) is 0 Å². The number of thiophene rings is 1. The Bertz CT molecular complexity index is 1770. The quantitative estimate of drug-likeness (QED) is 0.136. The van der Waals surface area contributed by atoms with Crippen LogP contribution in [-0.4, -0.2) is 4.98 Å². The van der Waals surface area contributed by atoms with Crippen LogP contribution in [0.2, 0.25) is 0 Å². The standard InChI is InChI=1S/C18H14OP.C17H10NS.Ir/c19-20(16-10-4-1-5-11-16,17-12-6-2-7-13-17)18-14-8-3-9-15-18;1-2-10-16-12(6-1)13-7-5-8-14(17(13)19-16)15-9-3-4-11-18-15;/h1-14H;1-7,9-11H;/q2*-1;. The Hall–Kier alpha value is -3.65. The van der Waals surface area contributed by atoms with Gasteiger partial charge in [0.15, 0.2) is 0 Å². The van der Waals surface area contributed by atoms with Crippen molar-refractivity contribution < 1.29 is 24.7 Å². The molecule has 40 heavy (non-hydrogen) atoms. The minimum atomic E-state index is -2.83. The molecule has 0 atom stereocenters. The first kappa shape index (κ1) is 27.9. The first-order chi connectivity index (χ1) is 19.2. The zero-order valence-electron chi connectivity index (χ0n) is 21.4. The van der Waals surface area contributed by atoms with Gasteiger partial charge in [0.25, 0.3) is 0 Å². The average molecular weight is 730 g/mol. The Morgan fingerprint density at radius 2 is 1.25 bits per heavy atom. The molecule has 2 aromatic heterocycles. The van der Waals surface area contributed by atoms with E-state index in [1.165, 1.54) is 20.2 Å². The molecule has 1 radical (unpaired) electrons. The summed E-state index contributed by atoms with van der Waals surface area (Å²) in [6.45, 7) is 0. The molecule has 7 rings (SSSR count). The van der Waals surface area contributed by atoms with Crippen molar-refractivity contribution in [2.24, 2.45) is 0 Å². The van der Waals surface area contributed by atoms with Gasteiger partial charge in [0, 0.05) is 41.6 Å². The minimum Gasteiger partial charge on any atom is -0.311 e. The molecule has 2 nitrogen and oxygen atoms in total. The van der Waals surface area contributed by atoms with Crippen molar-refractivity contribution in [3.8, 4) is 11.3 Å². The number of benzene rings is 5. The molecule has 7 aromatic rings. The molecular formula is C35H24IrNOPS-2. The predicted molar refractivity (Wildman–Crippen MR) is 166 cm³/mol. The third-order valence-electron chi connectivity index (χ3n) is 6.53. The number of nitrogens with zero attached hydrogens (tertiary/aromatic N) is 1. The van der Waals surface area contributed by atoms with Crippen LogP contribution in [0.1, 0.15) is 0 Å². The summed E-state index contributed by atoms with van der Waals surface area (Å²) >= 11 is 1.81. The van der Waals surface area contributed by atoms with Crippen molar-refractivity contribution in [2.75, 3.05) is 0 Å². The summed E-state index contributed by atoms with van der Waals surface area (Å²) < 4.78 is 16.4. The van der Waals surface area contributed by atoms with Crippen LogP contribution in [0.25, 0.3) is 31.4 Å². The first-order valence-corrected chi connectivity index (χ1v) is 15.2. The summed E-state index contributed by atoms with van der Waals surface area (Å²) in [5.74, 6) is 0. The molecule has 197 valence electrons. The van der Waals surface area contributed by atoms with E-state index in [-0.39, 0.29) is 20.1 Å². The van der Waals surface area contributed by atoms with Gasteiger partial charge >= 0.3 is 0 Å². The van der Waals surface area contributed by atoms with E-state index in [2.05, 4.69) is 47.4 Å². The molecule has 0 aliphatic rings. The van der Waals surface area contributed by atoms with E-state index in [1.54, 1.807) is 0 Å². The number of hydrogen-bond acceptors (Lipinski definition) is 3. The summed E-state index contributed by atoms with van der Waals surface area (Å²) in [7, 11) is -2.83. The van der Waals surface area contributed by atoms with E-state index >= 15 is 0 Å². The summed E-state index contributed by atoms with van der Waals surface area (Å²) in [5.41, 5.74) is 2.08. The van der Waals surface area contributed by atoms with E-state index in [0.717, 1.165) is 27.2 Å². The molecule has 5 aromatic carbocycles. The van der Waals surface area contributed by atoms with Crippen molar-refractivity contribution in [3.63, 3.8) is 0 Å². The Kier molecular flexibility index (Phi) is 8.84. The van der Waals surface area contributed by atoms with Gasteiger partial charge in [-0.2, -0.15) is 41.7 Å². The average Bonchev–Trinajstić information content (AvgIpc) is 3.42. The maximum absolute atomic E-state index is 13.8. The topological polar surface area (TPSA) is 30.0 Å². The third-order valence-corrected chi connectivity index (χ3v) is 10.7. The van der Waals surface area contributed by atoms with Crippen LogP contribution >= 0.6 is 18.5 Å². The van der Waals surface area contributed by atoms with Crippen molar-refractivity contribution in [1.82, 2.24) is 4.98 Å². The van der Waals surface area contributed by atoms with Gasteiger partial charge in [0.05, 0.1) is 0 Å². The van der Waals surface area contributed by atoms with Gasteiger partial charge in [0.2, 0.25) is 0 Å². The Labute approximate surface area is 252 Å². The van der Waals surface area contributed by atoms with Crippen LogP contribution in [0, 0.1) is 12.1 Å².